The Morgan fingerprint density at radius 3 is 2.96 bits per heavy atom. The second-order valence-corrected chi connectivity index (χ2v) is 6.58. The summed E-state index contributed by atoms with van der Waals surface area (Å²) in [6, 6.07) is 7.86. The molecule has 2 heterocycles. The lowest BCUT2D eigenvalue weighted by molar-refractivity contribution is -0.126. The first kappa shape index (κ1) is 16.7. The second kappa shape index (κ2) is 8.11. The molecule has 2 unspecified atom stereocenters. The Morgan fingerprint density at radius 1 is 1.43 bits per heavy atom. The van der Waals surface area contributed by atoms with Crippen LogP contribution in [-0.2, 0) is 9.53 Å². The molecule has 3 rings (SSSR count). The number of benzene rings is 1. The zero-order chi connectivity index (χ0) is 16.1. The summed E-state index contributed by atoms with van der Waals surface area (Å²) in [5, 5.41) is 7.01. The van der Waals surface area contributed by atoms with Crippen molar-refractivity contribution in [1.82, 2.24) is 15.5 Å². The number of halogens is 1. The fraction of sp³-hybridized carbons (Fsp3) is 0.588. The maximum atomic E-state index is 12.3. The fourth-order valence-electron chi connectivity index (χ4n) is 3.28. The van der Waals surface area contributed by atoms with Gasteiger partial charge < -0.3 is 15.4 Å². The van der Waals surface area contributed by atoms with Crippen molar-refractivity contribution in [3.63, 3.8) is 0 Å². The number of nitrogens with one attached hydrogen (secondary N) is 2. The number of hydrogen-bond acceptors (Lipinski definition) is 4. The Labute approximate surface area is 142 Å². The molecule has 0 aliphatic carbocycles. The summed E-state index contributed by atoms with van der Waals surface area (Å²) in [4.78, 5) is 14.7. The van der Waals surface area contributed by atoms with Crippen LogP contribution in [0.5, 0.6) is 0 Å². The predicted octanol–water partition coefficient (Wildman–Crippen LogP) is 1.58. The third-order valence-electron chi connectivity index (χ3n) is 4.52. The molecule has 0 radical (unpaired) electrons. The molecule has 1 aromatic rings. The summed E-state index contributed by atoms with van der Waals surface area (Å²) in [5.41, 5.74) is 1.16. The van der Waals surface area contributed by atoms with Crippen LogP contribution in [-0.4, -0.2) is 56.2 Å². The van der Waals surface area contributed by atoms with E-state index in [9.17, 15) is 4.79 Å². The molecule has 23 heavy (non-hydrogen) atoms. The Morgan fingerprint density at radius 2 is 2.26 bits per heavy atom. The summed E-state index contributed by atoms with van der Waals surface area (Å²) >= 11 is 6.15. The summed E-state index contributed by atoms with van der Waals surface area (Å²) in [6.07, 6.45) is 2.42. The number of amides is 1. The fourth-order valence-corrected chi connectivity index (χ4v) is 3.48. The largest absolute Gasteiger partial charge is 0.378 e. The van der Waals surface area contributed by atoms with Crippen molar-refractivity contribution < 1.29 is 9.53 Å². The molecule has 1 amide bonds. The van der Waals surface area contributed by atoms with E-state index < -0.39 is 0 Å². The van der Waals surface area contributed by atoms with Crippen LogP contribution in [0.15, 0.2) is 24.3 Å². The molecule has 6 heteroatoms. The van der Waals surface area contributed by atoms with Crippen LogP contribution in [0.3, 0.4) is 0 Å². The first-order valence-corrected chi connectivity index (χ1v) is 8.70. The number of hydrogen-bond donors (Lipinski definition) is 2. The highest BCUT2D eigenvalue weighted by molar-refractivity contribution is 6.30. The van der Waals surface area contributed by atoms with E-state index in [-0.39, 0.29) is 18.0 Å². The van der Waals surface area contributed by atoms with Gasteiger partial charge in [-0.3, -0.25) is 9.69 Å². The lowest BCUT2D eigenvalue weighted by Crippen LogP contribution is -2.52. The lowest BCUT2D eigenvalue weighted by Gasteiger charge is -2.30. The van der Waals surface area contributed by atoms with Crippen LogP contribution in [0.25, 0.3) is 0 Å². The zero-order valence-corrected chi connectivity index (χ0v) is 14.0. The van der Waals surface area contributed by atoms with Gasteiger partial charge >= 0.3 is 0 Å². The molecule has 5 nitrogen and oxygen atoms in total. The topological polar surface area (TPSA) is 53.6 Å². The Balaban J connectivity index is 1.65. The van der Waals surface area contributed by atoms with Gasteiger partial charge in [0.2, 0.25) is 5.91 Å². The van der Waals surface area contributed by atoms with Crippen molar-refractivity contribution in [2.24, 2.45) is 0 Å². The molecule has 2 aliphatic rings. The van der Waals surface area contributed by atoms with Crippen molar-refractivity contribution in [2.75, 3.05) is 39.4 Å². The lowest BCUT2D eigenvalue weighted by atomic mass is 10.1. The van der Waals surface area contributed by atoms with Gasteiger partial charge in [-0.25, -0.2) is 0 Å². The third-order valence-corrected chi connectivity index (χ3v) is 4.76. The molecule has 2 N–H and O–H groups in total. The van der Waals surface area contributed by atoms with Crippen molar-refractivity contribution in [2.45, 2.75) is 24.9 Å². The number of likely N-dealkylation sites (tertiary alicyclic amines) is 1. The number of carbonyl (C=O) groups excluding carboxylic acids is 1. The molecule has 2 saturated heterocycles. The molecule has 2 aliphatic heterocycles. The molecule has 126 valence electrons. The van der Waals surface area contributed by atoms with Gasteiger partial charge in [-0.1, -0.05) is 23.7 Å². The van der Waals surface area contributed by atoms with E-state index in [0.717, 1.165) is 30.2 Å². The normalized spacial score (nSPS) is 23.6. The minimum Gasteiger partial charge on any atom is -0.378 e. The predicted molar refractivity (Wildman–Crippen MR) is 90.6 cm³/mol. The van der Waals surface area contributed by atoms with Gasteiger partial charge in [-0.05, 0) is 43.6 Å². The van der Waals surface area contributed by atoms with Gasteiger partial charge in [-0.2, -0.15) is 0 Å². The SMILES string of the molecule is O=C(NCC(c1cccc(Cl)c1)N1CCCC1)C1COCCN1. The van der Waals surface area contributed by atoms with E-state index in [0.29, 0.717) is 19.8 Å². The van der Waals surface area contributed by atoms with E-state index in [1.54, 1.807) is 0 Å². The summed E-state index contributed by atoms with van der Waals surface area (Å²) in [5.74, 6) is 0.0101. The number of nitrogens with zero attached hydrogens (tertiary/aromatic N) is 1. The summed E-state index contributed by atoms with van der Waals surface area (Å²) in [7, 11) is 0. The molecule has 0 bridgehead atoms. The molecule has 0 spiro atoms. The van der Waals surface area contributed by atoms with E-state index in [1.165, 1.54) is 12.8 Å². The molecular formula is C17H24ClN3O2. The molecular weight excluding hydrogens is 314 g/mol. The maximum Gasteiger partial charge on any atom is 0.239 e. The summed E-state index contributed by atoms with van der Waals surface area (Å²) < 4.78 is 5.36. The number of carbonyl (C=O) groups is 1. The van der Waals surface area contributed by atoms with Crippen LogP contribution >= 0.6 is 11.6 Å². The van der Waals surface area contributed by atoms with E-state index in [2.05, 4.69) is 21.6 Å². The number of rotatable bonds is 5. The Kier molecular flexibility index (Phi) is 5.89. The first-order chi connectivity index (χ1) is 11.2. The van der Waals surface area contributed by atoms with Crippen molar-refractivity contribution in [3.05, 3.63) is 34.9 Å². The third kappa shape index (κ3) is 4.44. The minimum atomic E-state index is -0.248. The standard InChI is InChI=1S/C17H24ClN3O2/c18-14-5-3-4-13(10-14)16(21-7-1-2-8-21)11-20-17(22)15-12-23-9-6-19-15/h3-5,10,15-16,19H,1-2,6-9,11-12H2,(H,20,22). The van der Waals surface area contributed by atoms with E-state index >= 15 is 0 Å². The van der Waals surface area contributed by atoms with Gasteiger partial charge in [0, 0.05) is 18.1 Å². The van der Waals surface area contributed by atoms with Crippen LogP contribution in [0.2, 0.25) is 5.02 Å². The van der Waals surface area contributed by atoms with Crippen molar-refractivity contribution in [1.29, 1.82) is 0 Å². The monoisotopic (exact) mass is 337 g/mol. The second-order valence-electron chi connectivity index (χ2n) is 6.14. The van der Waals surface area contributed by atoms with Crippen LogP contribution in [0.1, 0.15) is 24.4 Å². The van der Waals surface area contributed by atoms with Gasteiger partial charge in [-0.15, -0.1) is 0 Å². The molecule has 1 aromatic carbocycles. The quantitative estimate of drug-likeness (QED) is 0.856. The smallest absolute Gasteiger partial charge is 0.239 e. The van der Waals surface area contributed by atoms with Gasteiger partial charge in [0.15, 0.2) is 0 Å². The van der Waals surface area contributed by atoms with Gasteiger partial charge in [0.05, 0.1) is 19.3 Å². The van der Waals surface area contributed by atoms with Crippen molar-refractivity contribution in [3.8, 4) is 0 Å². The molecule has 0 saturated carbocycles. The average molecular weight is 338 g/mol. The van der Waals surface area contributed by atoms with Crippen LogP contribution in [0, 0.1) is 0 Å². The van der Waals surface area contributed by atoms with Crippen LogP contribution in [0.4, 0.5) is 0 Å². The Bertz CT molecular complexity index is 528. The molecule has 2 atom stereocenters. The molecule has 0 aromatic heterocycles. The highest BCUT2D eigenvalue weighted by Gasteiger charge is 2.26. The van der Waals surface area contributed by atoms with E-state index in [1.807, 2.05) is 18.2 Å². The first-order valence-electron chi connectivity index (χ1n) is 8.32. The van der Waals surface area contributed by atoms with Gasteiger partial charge in [0.1, 0.15) is 6.04 Å². The maximum absolute atomic E-state index is 12.3. The highest BCUT2D eigenvalue weighted by atomic mass is 35.5. The van der Waals surface area contributed by atoms with Crippen molar-refractivity contribution >= 4 is 17.5 Å². The van der Waals surface area contributed by atoms with E-state index in [4.69, 9.17) is 16.3 Å². The summed E-state index contributed by atoms with van der Waals surface area (Å²) in [6.45, 7) is 4.56. The Hall–Kier alpha value is -1.14. The average Bonchev–Trinajstić information content (AvgIpc) is 3.10. The van der Waals surface area contributed by atoms with Gasteiger partial charge in [0.25, 0.3) is 0 Å². The highest BCUT2D eigenvalue weighted by Crippen LogP contribution is 2.26. The zero-order valence-electron chi connectivity index (χ0n) is 13.3. The number of morpholine rings is 1. The number of ether oxygens (including phenoxy) is 1. The molecule has 2 fully saturated rings. The van der Waals surface area contributed by atoms with Crippen LogP contribution < -0.4 is 10.6 Å². The minimum absolute atomic E-state index is 0.0101.